The molecular formula is C22H23Cl2FN4OS. The number of fused-ring (bicyclic) bond motifs is 1. The summed E-state index contributed by atoms with van der Waals surface area (Å²) in [5.41, 5.74) is 1.73. The van der Waals surface area contributed by atoms with Crippen LogP contribution in [-0.4, -0.2) is 29.0 Å². The summed E-state index contributed by atoms with van der Waals surface area (Å²) in [6.07, 6.45) is 3.05. The number of benzene rings is 1. The van der Waals surface area contributed by atoms with Gasteiger partial charge in [0.15, 0.2) is 0 Å². The van der Waals surface area contributed by atoms with E-state index in [1.165, 1.54) is 22.6 Å². The van der Waals surface area contributed by atoms with E-state index < -0.39 is 11.9 Å². The summed E-state index contributed by atoms with van der Waals surface area (Å²) in [5, 5.41) is 4.39. The largest absolute Gasteiger partial charge is 0.356 e. The number of piperidine rings is 1. The van der Waals surface area contributed by atoms with Crippen molar-refractivity contribution in [3.8, 4) is 0 Å². The van der Waals surface area contributed by atoms with E-state index in [0.29, 0.717) is 10.6 Å². The number of anilines is 1. The monoisotopic (exact) mass is 480 g/mol. The summed E-state index contributed by atoms with van der Waals surface area (Å²) >= 11 is 13.6. The highest BCUT2D eigenvalue weighted by molar-refractivity contribution is 7.18. The second-order valence-corrected chi connectivity index (χ2v) is 9.96. The molecule has 0 radical (unpaired) electrons. The van der Waals surface area contributed by atoms with Crippen LogP contribution in [0.4, 0.5) is 10.2 Å². The van der Waals surface area contributed by atoms with E-state index in [-0.39, 0.29) is 16.8 Å². The molecular weight excluding hydrogens is 458 g/mol. The Labute approximate surface area is 194 Å². The Morgan fingerprint density at radius 3 is 2.65 bits per heavy atom. The van der Waals surface area contributed by atoms with Crippen LogP contribution >= 0.6 is 34.5 Å². The Hall–Kier alpha value is -1.96. The Morgan fingerprint density at radius 1 is 1.23 bits per heavy atom. The van der Waals surface area contributed by atoms with E-state index in [9.17, 15) is 9.18 Å². The molecule has 164 valence electrons. The molecule has 1 saturated heterocycles. The van der Waals surface area contributed by atoms with Crippen LogP contribution in [0.15, 0.2) is 18.5 Å². The van der Waals surface area contributed by atoms with Crippen molar-refractivity contribution in [2.75, 3.05) is 18.0 Å². The molecule has 1 unspecified atom stereocenters. The molecule has 2 aromatic heterocycles. The first-order valence-electron chi connectivity index (χ1n) is 10.2. The van der Waals surface area contributed by atoms with Crippen LogP contribution in [0.2, 0.25) is 10.0 Å². The third-order valence-electron chi connectivity index (χ3n) is 5.98. The predicted molar refractivity (Wildman–Crippen MR) is 125 cm³/mol. The summed E-state index contributed by atoms with van der Waals surface area (Å²) in [7, 11) is 0. The molecule has 1 atom stereocenters. The number of amides is 1. The zero-order valence-corrected chi connectivity index (χ0v) is 19.8. The van der Waals surface area contributed by atoms with Gasteiger partial charge in [-0.1, -0.05) is 23.2 Å². The first-order chi connectivity index (χ1) is 14.8. The number of thiophene rings is 1. The van der Waals surface area contributed by atoms with Crippen LogP contribution in [0.1, 0.15) is 41.8 Å². The van der Waals surface area contributed by atoms with Gasteiger partial charge in [-0.15, -0.1) is 11.3 Å². The molecule has 0 bridgehead atoms. The smallest absolute Gasteiger partial charge is 0.223 e. The summed E-state index contributed by atoms with van der Waals surface area (Å²) in [4.78, 5) is 26.3. The second-order valence-electron chi connectivity index (χ2n) is 7.94. The molecule has 1 aliphatic heterocycles. The van der Waals surface area contributed by atoms with E-state index in [1.807, 2.05) is 0 Å². The van der Waals surface area contributed by atoms with Crippen molar-refractivity contribution in [1.29, 1.82) is 0 Å². The van der Waals surface area contributed by atoms with E-state index in [1.54, 1.807) is 24.6 Å². The maximum absolute atomic E-state index is 13.8. The lowest BCUT2D eigenvalue weighted by molar-refractivity contribution is -0.126. The number of halogens is 3. The van der Waals surface area contributed by atoms with Crippen molar-refractivity contribution in [3.05, 3.63) is 50.3 Å². The van der Waals surface area contributed by atoms with Crippen molar-refractivity contribution in [2.45, 2.75) is 39.7 Å². The lowest BCUT2D eigenvalue weighted by Crippen LogP contribution is -2.41. The van der Waals surface area contributed by atoms with Crippen molar-refractivity contribution >= 4 is 56.5 Å². The third kappa shape index (κ3) is 4.36. The van der Waals surface area contributed by atoms with Gasteiger partial charge < -0.3 is 10.2 Å². The van der Waals surface area contributed by atoms with Crippen molar-refractivity contribution in [3.63, 3.8) is 0 Å². The number of aryl methyl sites for hydroxylation is 2. The maximum Gasteiger partial charge on any atom is 0.223 e. The SMILES string of the molecule is Cc1sc2ncnc(N3CCC(C(=O)NC(C)c4cc(F)c(Cl)cc4Cl)CC3)c2c1C. The quantitative estimate of drug-likeness (QED) is 0.475. The molecule has 1 aromatic carbocycles. The summed E-state index contributed by atoms with van der Waals surface area (Å²) < 4.78 is 13.8. The van der Waals surface area contributed by atoms with Gasteiger partial charge in [0.1, 0.15) is 22.8 Å². The van der Waals surface area contributed by atoms with Gasteiger partial charge in [-0.25, -0.2) is 14.4 Å². The highest BCUT2D eigenvalue weighted by Gasteiger charge is 2.28. The predicted octanol–water partition coefficient (Wildman–Crippen LogP) is 5.85. The molecule has 5 nitrogen and oxygen atoms in total. The molecule has 3 heterocycles. The van der Waals surface area contributed by atoms with Gasteiger partial charge in [0.05, 0.1) is 16.5 Å². The Bertz CT molecular complexity index is 1140. The van der Waals surface area contributed by atoms with Crippen LogP contribution in [0, 0.1) is 25.6 Å². The fraction of sp³-hybridized carbons (Fsp3) is 0.409. The molecule has 3 aromatic rings. The van der Waals surface area contributed by atoms with E-state index >= 15 is 0 Å². The van der Waals surface area contributed by atoms with Crippen LogP contribution < -0.4 is 10.2 Å². The minimum Gasteiger partial charge on any atom is -0.356 e. The minimum atomic E-state index is -0.550. The van der Waals surface area contributed by atoms with E-state index in [2.05, 4.69) is 34.0 Å². The van der Waals surface area contributed by atoms with Crippen molar-refractivity contribution in [1.82, 2.24) is 15.3 Å². The summed E-state index contributed by atoms with van der Waals surface area (Å²) in [6.45, 7) is 7.47. The molecule has 9 heteroatoms. The topological polar surface area (TPSA) is 58.1 Å². The van der Waals surface area contributed by atoms with Gasteiger partial charge in [0.25, 0.3) is 0 Å². The fourth-order valence-electron chi connectivity index (χ4n) is 4.04. The summed E-state index contributed by atoms with van der Waals surface area (Å²) in [6, 6.07) is 2.23. The molecule has 1 aliphatic rings. The minimum absolute atomic E-state index is 0.0328. The molecule has 31 heavy (non-hydrogen) atoms. The van der Waals surface area contributed by atoms with E-state index in [4.69, 9.17) is 23.2 Å². The van der Waals surface area contributed by atoms with Gasteiger partial charge in [0.2, 0.25) is 5.91 Å². The van der Waals surface area contributed by atoms with Crippen LogP contribution in [0.5, 0.6) is 0 Å². The molecule has 4 rings (SSSR count). The highest BCUT2D eigenvalue weighted by atomic mass is 35.5. The van der Waals surface area contributed by atoms with Gasteiger partial charge in [0, 0.05) is 28.9 Å². The third-order valence-corrected chi connectivity index (χ3v) is 7.71. The second kappa shape index (κ2) is 8.88. The lowest BCUT2D eigenvalue weighted by Gasteiger charge is -2.33. The van der Waals surface area contributed by atoms with Crippen LogP contribution in [0.25, 0.3) is 10.2 Å². The fourth-order valence-corrected chi connectivity index (χ4v) is 5.57. The number of hydrogen-bond donors (Lipinski definition) is 1. The van der Waals surface area contributed by atoms with Gasteiger partial charge in [-0.3, -0.25) is 4.79 Å². The maximum atomic E-state index is 13.8. The number of nitrogens with zero attached hydrogens (tertiary/aromatic N) is 3. The van der Waals surface area contributed by atoms with Crippen molar-refractivity contribution in [2.24, 2.45) is 5.92 Å². The van der Waals surface area contributed by atoms with Gasteiger partial charge in [-0.05, 0) is 56.9 Å². The molecule has 1 amide bonds. The first-order valence-corrected chi connectivity index (χ1v) is 11.7. The Kier molecular flexibility index (Phi) is 6.37. The zero-order chi connectivity index (χ0) is 22.3. The Morgan fingerprint density at radius 2 is 1.94 bits per heavy atom. The van der Waals surface area contributed by atoms with Crippen molar-refractivity contribution < 1.29 is 9.18 Å². The van der Waals surface area contributed by atoms with Crippen LogP contribution in [0.3, 0.4) is 0 Å². The molecule has 0 spiro atoms. The molecule has 1 N–H and O–H groups in total. The normalized spacial score (nSPS) is 16.0. The number of aromatic nitrogens is 2. The lowest BCUT2D eigenvalue weighted by atomic mass is 9.95. The van der Waals surface area contributed by atoms with Gasteiger partial charge in [-0.2, -0.15) is 0 Å². The average molecular weight is 481 g/mol. The average Bonchev–Trinajstić information content (AvgIpc) is 3.04. The Balaban J connectivity index is 1.42. The number of nitrogens with one attached hydrogen (secondary N) is 1. The first kappa shape index (κ1) is 22.2. The highest BCUT2D eigenvalue weighted by Crippen LogP contribution is 2.36. The van der Waals surface area contributed by atoms with E-state index in [0.717, 1.165) is 42.0 Å². The number of hydrogen-bond acceptors (Lipinski definition) is 5. The number of carbonyl (C=O) groups excluding carboxylic acids is 1. The standard InChI is InChI=1S/C22H23Cl2FN4OS/c1-11-13(3)31-22-19(11)20(26-10-27-22)29-6-4-14(5-7-29)21(30)28-12(2)15-8-18(25)17(24)9-16(15)23/h8-10,12,14H,4-7H2,1-3H3,(H,28,30). The molecule has 0 saturated carbocycles. The van der Waals surface area contributed by atoms with Crippen LogP contribution in [-0.2, 0) is 4.79 Å². The summed E-state index contributed by atoms with van der Waals surface area (Å²) in [5.74, 6) is 0.235. The number of rotatable bonds is 4. The molecule has 1 fully saturated rings. The zero-order valence-electron chi connectivity index (χ0n) is 17.5. The van der Waals surface area contributed by atoms with Gasteiger partial charge >= 0.3 is 0 Å². The number of carbonyl (C=O) groups is 1. The molecule has 0 aliphatic carbocycles.